The number of fused-ring (bicyclic) bond motifs is 1. The minimum absolute atomic E-state index is 0.0707. The molecule has 1 aliphatic rings. The fourth-order valence-corrected chi connectivity index (χ4v) is 4.90. The summed E-state index contributed by atoms with van der Waals surface area (Å²) in [7, 11) is -3.67. The Balaban J connectivity index is 1.75. The molecule has 1 N–H and O–H groups in total. The van der Waals surface area contributed by atoms with Crippen LogP contribution in [-0.2, 0) is 14.6 Å². The smallest absolute Gasteiger partial charge is 0.232 e. The van der Waals surface area contributed by atoms with E-state index in [-0.39, 0.29) is 16.7 Å². The average Bonchev–Trinajstić information content (AvgIpc) is 3.05. The number of carbonyl (C=O) groups is 1. The van der Waals surface area contributed by atoms with Gasteiger partial charge in [0.05, 0.1) is 16.9 Å². The van der Waals surface area contributed by atoms with Gasteiger partial charge in [-0.05, 0) is 42.8 Å². The lowest BCUT2D eigenvalue weighted by Crippen LogP contribution is -2.21. The molecule has 0 unspecified atom stereocenters. The van der Waals surface area contributed by atoms with E-state index in [4.69, 9.17) is 5.26 Å². The maximum absolute atomic E-state index is 12.5. The average molecular weight is 372 g/mol. The quantitative estimate of drug-likeness (QED) is 0.890. The number of benzene rings is 2. The number of nitriles is 1. The molecule has 2 aromatic carbocycles. The monoisotopic (exact) mass is 372 g/mol. The minimum Gasteiger partial charge on any atom is -0.326 e. The highest BCUT2D eigenvalue weighted by Crippen LogP contribution is 2.39. The maximum Gasteiger partial charge on any atom is 0.232 e. The number of nitrogens with one attached hydrogen (secondary N) is 1. The van der Waals surface area contributed by atoms with Crippen LogP contribution in [0.2, 0.25) is 0 Å². The number of hydrogen-bond acceptors (Lipinski definition) is 5. The number of nitrogens with zero attached hydrogens (tertiary/aromatic N) is 1. The van der Waals surface area contributed by atoms with Crippen LogP contribution >= 0.6 is 11.8 Å². The highest BCUT2D eigenvalue weighted by Gasteiger charge is 2.29. The van der Waals surface area contributed by atoms with Gasteiger partial charge in [0.1, 0.15) is 5.25 Å². The van der Waals surface area contributed by atoms with E-state index < -0.39 is 15.1 Å². The molecule has 0 saturated heterocycles. The first-order chi connectivity index (χ1) is 11.9. The van der Waals surface area contributed by atoms with Crippen LogP contribution in [0, 0.1) is 11.3 Å². The number of anilines is 1. The van der Waals surface area contributed by atoms with Gasteiger partial charge in [0.15, 0.2) is 9.84 Å². The zero-order chi connectivity index (χ0) is 18.0. The van der Waals surface area contributed by atoms with E-state index in [1.807, 2.05) is 24.3 Å². The van der Waals surface area contributed by atoms with Crippen molar-refractivity contribution in [2.24, 2.45) is 0 Å². The standard InChI is InChI=1S/C18H16N2O3S2/c1-12(10-19)25(22,23)14-8-6-13(7-9-14)20-18(21)16-11-24-17-5-3-2-4-15(16)17/h2-9,12,16H,11H2,1H3,(H,20,21)/t12-,16+/m1/s1. The molecule has 0 aliphatic carbocycles. The van der Waals surface area contributed by atoms with Gasteiger partial charge in [-0.15, -0.1) is 11.8 Å². The van der Waals surface area contributed by atoms with Crippen molar-refractivity contribution < 1.29 is 13.2 Å². The van der Waals surface area contributed by atoms with E-state index in [9.17, 15) is 13.2 Å². The molecule has 0 spiro atoms. The number of rotatable bonds is 4. The molecule has 3 rings (SSSR count). The molecule has 5 nitrogen and oxygen atoms in total. The Hall–Kier alpha value is -2.30. The second-order valence-electron chi connectivity index (χ2n) is 5.73. The van der Waals surface area contributed by atoms with Crippen LogP contribution in [0.4, 0.5) is 5.69 Å². The van der Waals surface area contributed by atoms with E-state index in [1.165, 1.54) is 19.1 Å². The van der Waals surface area contributed by atoms with Gasteiger partial charge < -0.3 is 5.32 Å². The number of hydrogen-bond donors (Lipinski definition) is 1. The van der Waals surface area contributed by atoms with Gasteiger partial charge in [0.25, 0.3) is 0 Å². The summed E-state index contributed by atoms with van der Waals surface area (Å²) in [5.74, 6) is 0.360. The van der Waals surface area contributed by atoms with Crippen molar-refractivity contribution >= 4 is 33.2 Å². The summed E-state index contributed by atoms with van der Waals surface area (Å²) in [4.78, 5) is 13.7. The SMILES string of the molecule is C[C@H](C#N)S(=O)(=O)c1ccc(NC(=O)[C@H]2CSc3ccccc32)cc1. The lowest BCUT2D eigenvalue weighted by molar-refractivity contribution is -0.117. The van der Waals surface area contributed by atoms with Gasteiger partial charge in [0.2, 0.25) is 5.91 Å². The molecule has 1 heterocycles. The Labute approximate surface area is 151 Å². The Bertz CT molecular complexity index is 947. The van der Waals surface area contributed by atoms with E-state index >= 15 is 0 Å². The summed E-state index contributed by atoms with van der Waals surface area (Å²) in [5, 5.41) is 10.5. The van der Waals surface area contributed by atoms with Crippen molar-refractivity contribution in [1.29, 1.82) is 5.26 Å². The molecule has 0 bridgehead atoms. The summed E-state index contributed by atoms with van der Waals surface area (Å²) in [5.41, 5.74) is 1.55. The molecule has 25 heavy (non-hydrogen) atoms. The van der Waals surface area contributed by atoms with Crippen LogP contribution in [-0.4, -0.2) is 25.3 Å². The lowest BCUT2D eigenvalue weighted by atomic mass is 10.0. The second-order valence-corrected chi connectivity index (χ2v) is 9.06. The van der Waals surface area contributed by atoms with Crippen molar-refractivity contribution in [3.63, 3.8) is 0 Å². The number of sulfone groups is 1. The zero-order valence-corrected chi connectivity index (χ0v) is 15.1. The van der Waals surface area contributed by atoms with Crippen molar-refractivity contribution in [3.8, 4) is 6.07 Å². The molecule has 0 radical (unpaired) electrons. The van der Waals surface area contributed by atoms with Gasteiger partial charge in [0, 0.05) is 16.3 Å². The number of thioether (sulfide) groups is 1. The van der Waals surface area contributed by atoms with Crippen LogP contribution in [0.5, 0.6) is 0 Å². The number of amides is 1. The molecular formula is C18H16N2O3S2. The van der Waals surface area contributed by atoms with Gasteiger partial charge in [-0.1, -0.05) is 18.2 Å². The molecule has 0 fully saturated rings. The molecule has 128 valence electrons. The third-order valence-electron chi connectivity index (χ3n) is 4.11. The third-order valence-corrected chi connectivity index (χ3v) is 7.26. The van der Waals surface area contributed by atoms with E-state index in [0.29, 0.717) is 11.4 Å². The van der Waals surface area contributed by atoms with E-state index in [1.54, 1.807) is 30.0 Å². The van der Waals surface area contributed by atoms with Crippen LogP contribution in [0.15, 0.2) is 58.3 Å². The predicted molar refractivity (Wildman–Crippen MR) is 97.2 cm³/mol. The van der Waals surface area contributed by atoms with Gasteiger partial charge >= 0.3 is 0 Å². The summed E-state index contributed by atoms with van der Waals surface area (Å²) < 4.78 is 24.3. The molecule has 1 amide bonds. The molecular weight excluding hydrogens is 356 g/mol. The van der Waals surface area contributed by atoms with Gasteiger partial charge in [-0.25, -0.2) is 8.42 Å². The first kappa shape index (κ1) is 17.5. The molecule has 1 aliphatic heterocycles. The van der Waals surface area contributed by atoms with Crippen LogP contribution < -0.4 is 5.32 Å². The molecule has 2 atom stereocenters. The van der Waals surface area contributed by atoms with Gasteiger partial charge in [-0.2, -0.15) is 5.26 Å². The molecule has 2 aromatic rings. The maximum atomic E-state index is 12.5. The Morgan fingerprint density at radius 2 is 1.92 bits per heavy atom. The fraction of sp³-hybridized carbons (Fsp3) is 0.222. The summed E-state index contributed by atoms with van der Waals surface area (Å²) >= 11 is 1.66. The van der Waals surface area contributed by atoms with Crippen LogP contribution in [0.1, 0.15) is 18.4 Å². The Morgan fingerprint density at radius 3 is 2.60 bits per heavy atom. The zero-order valence-electron chi connectivity index (χ0n) is 13.5. The van der Waals surface area contributed by atoms with E-state index in [0.717, 1.165) is 10.5 Å². The first-order valence-corrected chi connectivity index (χ1v) is 10.2. The third kappa shape index (κ3) is 3.41. The van der Waals surface area contributed by atoms with Crippen molar-refractivity contribution in [3.05, 3.63) is 54.1 Å². The van der Waals surface area contributed by atoms with Crippen LogP contribution in [0.25, 0.3) is 0 Å². The largest absolute Gasteiger partial charge is 0.326 e. The molecule has 0 saturated carbocycles. The summed E-state index contributed by atoms with van der Waals surface area (Å²) in [6.07, 6.45) is 0. The predicted octanol–water partition coefficient (Wildman–Crippen LogP) is 3.20. The summed E-state index contributed by atoms with van der Waals surface area (Å²) in [6.45, 7) is 1.35. The van der Waals surface area contributed by atoms with Crippen molar-refractivity contribution in [2.45, 2.75) is 27.9 Å². The van der Waals surface area contributed by atoms with Gasteiger partial charge in [-0.3, -0.25) is 4.79 Å². The second kappa shape index (κ2) is 6.90. The fourth-order valence-electron chi connectivity index (χ4n) is 2.61. The Morgan fingerprint density at radius 1 is 1.24 bits per heavy atom. The Kier molecular flexibility index (Phi) is 4.84. The molecule has 7 heteroatoms. The van der Waals surface area contributed by atoms with Crippen LogP contribution in [0.3, 0.4) is 0 Å². The topological polar surface area (TPSA) is 87.0 Å². The molecule has 0 aromatic heterocycles. The van der Waals surface area contributed by atoms with Crippen molar-refractivity contribution in [2.75, 3.05) is 11.1 Å². The minimum atomic E-state index is -3.67. The normalized spacial score (nSPS) is 17.4. The van der Waals surface area contributed by atoms with Crippen molar-refractivity contribution in [1.82, 2.24) is 0 Å². The highest BCUT2D eigenvalue weighted by molar-refractivity contribution is 7.99. The number of carbonyl (C=O) groups excluding carboxylic acids is 1. The van der Waals surface area contributed by atoms with E-state index in [2.05, 4.69) is 5.32 Å². The first-order valence-electron chi connectivity index (χ1n) is 7.69. The summed E-state index contributed by atoms with van der Waals surface area (Å²) in [6, 6.07) is 15.5. The highest BCUT2D eigenvalue weighted by atomic mass is 32.2. The lowest BCUT2D eigenvalue weighted by Gasteiger charge is -2.12.